The van der Waals surface area contributed by atoms with Gasteiger partial charge >= 0.3 is 5.97 Å². The molecule has 2 aliphatic rings. The molecule has 0 saturated carbocycles. The Hall–Kier alpha value is -2.55. The van der Waals surface area contributed by atoms with E-state index in [0.29, 0.717) is 9.23 Å². The van der Waals surface area contributed by atoms with Crippen LogP contribution < -0.4 is 9.80 Å². The number of fused-ring (bicyclic) bond motifs is 1. The highest BCUT2D eigenvalue weighted by Crippen LogP contribution is 2.46. The van der Waals surface area contributed by atoms with Crippen molar-refractivity contribution in [2.45, 2.75) is 4.90 Å². The zero-order chi connectivity index (χ0) is 19.7. The fourth-order valence-electron chi connectivity index (χ4n) is 2.90. The third kappa shape index (κ3) is 3.58. The molecule has 28 heavy (non-hydrogen) atoms. The number of carbonyl (C=O) groups is 2. The van der Waals surface area contributed by atoms with E-state index in [0.717, 1.165) is 21.3 Å². The molecular weight excluding hydrogens is 412 g/mol. The largest absolute Gasteiger partial charge is 0.480 e. The van der Waals surface area contributed by atoms with E-state index in [9.17, 15) is 14.7 Å². The normalized spacial score (nSPS) is 19.0. The van der Waals surface area contributed by atoms with Crippen LogP contribution in [0.3, 0.4) is 0 Å². The van der Waals surface area contributed by atoms with Crippen molar-refractivity contribution < 1.29 is 14.7 Å². The average molecular weight is 427 g/mol. The monoisotopic (exact) mass is 426 g/mol. The van der Waals surface area contributed by atoms with Crippen molar-refractivity contribution in [3.63, 3.8) is 0 Å². The minimum Gasteiger partial charge on any atom is -0.480 e. The minimum absolute atomic E-state index is 0.144. The Morgan fingerprint density at radius 2 is 1.75 bits per heavy atom. The van der Waals surface area contributed by atoms with Gasteiger partial charge in [0.1, 0.15) is 6.54 Å². The number of hydrogen-bond acceptors (Lipinski definition) is 6. The number of nitrogens with zero attached hydrogens (tertiary/aromatic N) is 2. The number of allylic oxidation sites excluding steroid dienone is 2. The van der Waals surface area contributed by atoms with Gasteiger partial charge in [-0.25, -0.2) is 0 Å². The molecule has 0 unspecified atom stereocenters. The molecule has 1 N–H and O–H groups in total. The van der Waals surface area contributed by atoms with Crippen LogP contribution in [0, 0.1) is 0 Å². The molecule has 0 aliphatic carbocycles. The summed E-state index contributed by atoms with van der Waals surface area (Å²) in [7, 11) is 0. The molecule has 8 heteroatoms. The van der Waals surface area contributed by atoms with Crippen LogP contribution in [0.2, 0.25) is 0 Å². The van der Waals surface area contributed by atoms with Crippen molar-refractivity contribution in [1.29, 1.82) is 0 Å². The number of aliphatic carboxylic acids is 1. The highest BCUT2D eigenvalue weighted by molar-refractivity contribution is 8.27. The quantitative estimate of drug-likeness (QED) is 0.572. The molecule has 0 atom stereocenters. The minimum atomic E-state index is -0.918. The summed E-state index contributed by atoms with van der Waals surface area (Å²) >= 11 is 8.10. The average Bonchev–Trinajstić information content (AvgIpc) is 3.17. The van der Waals surface area contributed by atoms with E-state index < -0.39 is 5.97 Å². The van der Waals surface area contributed by atoms with E-state index in [-0.39, 0.29) is 12.5 Å². The highest BCUT2D eigenvalue weighted by atomic mass is 32.2. The first-order chi connectivity index (χ1) is 13.5. The van der Waals surface area contributed by atoms with Gasteiger partial charge in [0.05, 0.1) is 21.3 Å². The fourth-order valence-corrected chi connectivity index (χ4v) is 5.21. The molecule has 0 aromatic heterocycles. The van der Waals surface area contributed by atoms with Crippen molar-refractivity contribution in [1.82, 2.24) is 0 Å². The van der Waals surface area contributed by atoms with E-state index in [1.165, 1.54) is 28.4 Å². The lowest BCUT2D eigenvalue weighted by Gasteiger charge is -2.17. The lowest BCUT2D eigenvalue weighted by Crippen LogP contribution is -2.27. The van der Waals surface area contributed by atoms with Gasteiger partial charge in [0.15, 0.2) is 4.32 Å². The van der Waals surface area contributed by atoms with Crippen molar-refractivity contribution in [2.24, 2.45) is 0 Å². The number of hydrogen-bond donors (Lipinski definition) is 1. The lowest BCUT2D eigenvalue weighted by molar-refractivity contribution is -0.135. The van der Waals surface area contributed by atoms with Gasteiger partial charge in [-0.05, 0) is 36.4 Å². The highest BCUT2D eigenvalue weighted by Gasteiger charge is 2.33. The van der Waals surface area contributed by atoms with Crippen LogP contribution in [0.5, 0.6) is 0 Å². The molecule has 0 radical (unpaired) electrons. The fraction of sp³-hybridized carbons (Fsp3) is 0.0500. The second kappa shape index (κ2) is 7.83. The molecule has 2 aromatic rings. The van der Waals surface area contributed by atoms with Gasteiger partial charge in [0, 0.05) is 4.90 Å². The van der Waals surface area contributed by atoms with Crippen LogP contribution >= 0.6 is 35.7 Å². The Morgan fingerprint density at radius 3 is 2.50 bits per heavy atom. The number of amides is 1. The van der Waals surface area contributed by atoms with Crippen molar-refractivity contribution in [2.75, 3.05) is 16.3 Å². The molecule has 1 fully saturated rings. The molecule has 2 aromatic carbocycles. The number of carboxylic acids is 1. The van der Waals surface area contributed by atoms with Gasteiger partial charge in [-0.2, -0.15) is 0 Å². The number of rotatable bonds is 4. The first kappa shape index (κ1) is 18.8. The predicted molar refractivity (Wildman–Crippen MR) is 118 cm³/mol. The summed E-state index contributed by atoms with van der Waals surface area (Å²) in [6, 6.07) is 16.9. The van der Waals surface area contributed by atoms with E-state index in [1.54, 1.807) is 17.1 Å². The molecule has 2 aliphatic heterocycles. The van der Waals surface area contributed by atoms with Crippen LogP contribution in [-0.2, 0) is 9.59 Å². The number of para-hydroxylation sites is 2. The summed E-state index contributed by atoms with van der Waals surface area (Å²) in [4.78, 5) is 28.8. The number of thiocarbonyl (C=S) groups is 1. The van der Waals surface area contributed by atoms with Gasteiger partial charge in [0.25, 0.3) is 5.91 Å². The molecule has 140 valence electrons. The Labute approximate surface area is 175 Å². The lowest BCUT2D eigenvalue weighted by atomic mass is 10.3. The molecule has 2 heterocycles. The van der Waals surface area contributed by atoms with Crippen LogP contribution in [0.1, 0.15) is 0 Å². The topological polar surface area (TPSA) is 60.9 Å². The number of benzene rings is 2. The third-order valence-corrected chi connectivity index (χ3v) is 6.57. The first-order valence-electron chi connectivity index (χ1n) is 8.34. The van der Waals surface area contributed by atoms with Gasteiger partial charge in [-0.3, -0.25) is 14.5 Å². The SMILES string of the molecule is O=C(O)CN1C(=CC=C2SC(=S)N(c3ccccc3)C2=O)Sc2ccccc21. The molecule has 4 rings (SSSR count). The summed E-state index contributed by atoms with van der Waals surface area (Å²) in [5, 5.41) is 10.0. The van der Waals surface area contributed by atoms with Gasteiger partial charge in [-0.1, -0.05) is 66.1 Å². The van der Waals surface area contributed by atoms with Crippen molar-refractivity contribution in [3.8, 4) is 0 Å². The Bertz CT molecular complexity index is 1030. The first-order valence-corrected chi connectivity index (χ1v) is 10.4. The third-order valence-electron chi connectivity index (χ3n) is 4.12. The number of carbonyl (C=O) groups excluding carboxylic acids is 1. The van der Waals surface area contributed by atoms with E-state index in [1.807, 2.05) is 54.6 Å². The zero-order valence-corrected chi connectivity index (χ0v) is 16.9. The molecule has 1 amide bonds. The van der Waals surface area contributed by atoms with Gasteiger partial charge in [-0.15, -0.1) is 0 Å². The number of anilines is 2. The summed E-state index contributed by atoms with van der Waals surface area (Å²) in [5.74, 6) is -1.10. The van der Waals surface area contributed by atoms with E-state index in [4.69, 9.17) is 12.2 Å². The van der Waals surface area contributed by atoms with Gasteiger partial charge < -0.3 is 10.0 Å². The zero-order valence-electron chi connectivity index (χ0n) is 14.4. The number of carboxylic acid groups (broad SMARTS) is 1. The van der Waals surface area contributed by atoms with Crippen LogP contribution in [0.15, 0.2) is 81.6 Å². The van der Waals surface area contributed by atoms with E-state index in [2.05, 4.69) is 0 Å². The summed E-state index contributed by atoms with van der Waals surface area (Å²) in [5.41, 5.74) is 1.59. The smallest absolute Gasteiger partial charge is 0.323 e. The Morgan fingerprint density at radius 1 is 1.04 bits per heavy atom. The second-order valence-electron chi connectivity index (χ2n) is 5.93. The summed E-state index contributed by atoms with van der Waals surface area (Å²) in [6.45, 7) is -0.144. The van der Waals surface area contributed by atoms with Gasteiger partial charge in [0.2, 0.25) is 0 Å². The molecule has 5 nitrogen and oxygen atoms in total. The molecular formula is C20H14N2O3S3. The Kier molecular flexibility index (Phi) is 5.25. The van der Waals surface area contributed by atoms with Crippen LogP contribution in [0.4, 0.5) is 11.4 Å². The molecule has 0 spiro atoms. The van der Waals surface area contributed by atoms with Crippen molar-refractivity contribution in [3.05, 3.63) is 76.7 Å². The van der Waals surface area contributed by atoms with Crippen molar-refractivity contribution >= 4 is 63.3 Å². The number of thioether (sulfide) groups is 2. The summed E-state index contributed by atoms with van der Waals surface area (Å²) < 4.78 is 0.477. The van der Waals surface area contributed by atoms with E-state index >= 15 is 0 Å². The standard InChI is InChI=1S/C20H14N2O3S3/c23-18(24)12-21-14-8-4-5-9-15(14)27-17(21)11-10-16-19(25)22(20(26)28-16)13-6-2-1-3-7-13/h1-11H,12H2,(H,23,24). The molecule has 1 saturated heterocycles. The van der Waals surface area contributed by atoms with Crippen LogP contribution in [-0.4, -0.2) is 27.8 Å². The Balaban J connectivity index is 1.62. The summed E-state index contributed by atoms with van der Waals surface area (Å²) in [6.07, 6.45) is 3.50. The van der Waals surface area contributed by atoms with Crippen LogP contribution in [0.25, 0.3) is 0 Å². The maximum Gasteiger partial charge on any atom is 0.323 e. The maximum atomic E-state index is 12.8. The molecule has 0 bridgehead atoms. The second-order valence-corrected chi connectivity index (χ2v) is 8.67. The maximum absolute atomic E-state index is 12.8. The predicted octanol–water partition coefficient (Wildman–Crippen LogP) is 4.47.